The van der Waals surface area contributed by atoms with E-state index in [1.807, 2.05) is 0 Å². The van der Waals surface area contributed by atoms with Gasteiger partial charge in [0.15, 0.2) is 0 Å². The smallest absolute Gasteiger partial charge is 0.303 e. The molecule has 0 amide bonds. The molecule has 10 unspecified atom stereocenters. The molecular weight excluding hydrogens is 340 g/mol. The molecule has 3 N–H and O–H groups in total. The third-order valence-electron chi connectivity index (χ3n) is 9.91. The summed E-state index contributed by atoms with van der Waals surface area (Å²) in [6.07, 6.45) is 8.08. The van der Waals surface area contributed by atoms with Crippen LogP contribution in [-0.4, -0.2) is 33.5 Å². The first kappa shape index (κ1) is 19.7. The lowest BCUT2D eigenvalue weighted by Crippen LogP contribution is -2.58. The minimum absolute atomic E-state index is 0.160. The van der Waals surface area contributed by atoms with E-state index in [1.165, 1.54) is 19.3 Å². The largest absolute Gasteiger partial charge is 0.481 e. The van der Waals surface area contributed by atoms with Crippen LogP contribution < -0.4 is 0 Å². The quantitative estimate of drug-likeness (QED) is 0.691. The molecular formula is C23H38O4. The van der Waals surface area contributed by atoms with Crippen LogP contribution in [0.15, 0.2) is 0 Å². The van der Waals surface area contributed by atoms with E-state index >= 15 is 0 Å². The number of carboxylic acids is 1. The normalized spacial score (nSPS) is 53.1. The van der Waals surface area contributed by atoms with Crippen LogP contribution >= 0.6 is 0 Å². The Kier molecular flexibility index (Phi) is 4.91. The van der Waals surface area contributed by atoms with Gasteiger partial charge in [0, 0.05) is 6.42 Å². The fourth-order valence-corrected chi connectivity index (χ4v) is 8.67. The van der Waals surface area contributed by atoms with Gasteiger partial charge >= 0.3 is 5.97 Å². The van der Waals surface area contributed by atoms with Crippen LogP contribution in [0, 0.1) is 46.3 Å². The summed E-state index contributed by atoms with van der Waals surface area (Å²) in [6.45, 7) is 6.95. The standard InChI is InChI=1S/C23H38O4/c1-13(10-21(26)27)16-4-5-17-15-12-20(25)19-11-14(24)6-8-23(19,3)18(15)7-9-22(16,17)2/h13-20,24-25H,4-12H2,1-3H3,(H,26,27). The van der Waals surface area contributed by atoms with Crippen molar-refractivity contribution >= 4 is 5.97 Å². The molecule has 154 valence electrons. The first-order valence-electron chi connectivity index (χ1n) is 11.2. The van der Waals surface area contributed by atoms with Crippen molar-refractivity contribution in [2.45, 2.75) is 90.8 Å². The van der Waals surface area contributed by atoms with E-state index in [2.05, 4.69) is 20.8 Å². The molecule has 4 rings (SSSR count). The first-order valence-corrected chi connectivity index (χ1v) is 11.2. The number of fused-ring (bicyclic) bond motifs is 5. The average molecular weight is 379 g/mol. The number of hydrogen-bond donors (Lipinski definition) is 3. The average Bonchev–Trinajstić information content (AvgIpc) is 2.93. The zero-order valence-electron chi connectivity index (χ0n) is 17.2. The maximum atomic E-state index is 11.3. The van der Waals surface area contributed by atoms with Crippen LogP contribution in [0.3, 0.4) is 0 Å². The van der Waals surface area contributed by atoms with Crippen molar-refractivity contribution in [1.29, 1.82) is 0 Å². The van der Waals surface area contributed by atoms with E-state index in [-0.39, 0.29) is 41.3 Å². The molecule has 4 fully saturated rings. The highest BCUT2D eigenvalue weighted by Crippen LogP contribution is 2.68. The second-order valence-electron chi connectivity index (χ2n) is 11.0. The number of carbonyl (C=O) groups is 1. The highest BCUT2D eigenvalue weighted by Gasteiger charge is 2.62. The highest BCUT2D eigenvalue weighted by molar-refractivity contribution is 5.67. The van der Waals surface area contributed by atoms with E-state index in [4.69, 9.17) is 0 Å². The van der Waals surface area contributed by atoms with Crippen molar-refractivity contribution in [3.8, 4) is 0 Å². The fourth-order valence-electron chi connectivity index (χ4n) is 8.67. The molecule has 0 aromatic heterocycles. The number of aliphatic carboxylic acids is 1. The van der Waals surface area contributed by atoms with Gasteiger partial charge in [0.2, 0.25) is 0 Å². The lowest BCUT2D eigenvalue weighted by Gasteiger charge is -2.62. The lowest BCUT2D eigenvalue weighted by molar-refractivity contribution is -0.172. The molecule has 0 aliphatic heterocycles. The summed E-state index contributed by atoms with van der Waals surface area (Å²) in [5.41, 5.74) is 0.390. The van der Waals surface area contributed by atoms with Crippen LogP contribution in [0.2, 0.25) is 0 Å². The van der Waals surface area contributed by atoms with Crippen LogP contribution in [0.25, 0.3) is 0 Å². The Hall–Kier alpha value is -0.610. The van der Waals surface area contributed by atoms with Gasteiger partial charge in [-0.1, -0.05) is 20.8 Å². The van der Waals surface area contributed by atoms with Gasteiger partial charge < -0.3 is 15.3 Å². The predicted octanol–water partition coefficient (Wildman–Crippen LogP) is 4.09. The third kappa shape index (κ3) is 2.97. The van der Waals surface area contributed by atoms with E-state index in [9.17, 15) is 20.1 Å². The van der Waals surface area contributed by atoms with Crippen molar-refractivity contribution in [2.75, 3.05) is 0 Å². The van der Waals surface area contributed by atoms with Crippen LogP contribution in [0.1, 0.15) is 78.6 Å². The zero-order chi connectivity index (χ0) is 19.6. The minimum atomic E-state index is -0.674. The summed E-state index contributed by atoms with van der Waals surface area (Å²) in [5, 5.41) is 30.5. The molecule has 4 aliphatic rings. The molecule has 0 heterocycles. The second-order valence-corrected chi connectivity index (χ2v) is 11.0. The molecule has 4 aliphatic carbocycles. The Morgan fingerprint density at radius 3 is 2.33 bits per heavy atom. The number of aliphatic hydroxyl groups is 2. The van der Waals surface area contributed by atoms with Gasteiger partial charge in [-0.15, -0.1) is 0 Å². The van der Waals surface area contributed by atoms with Gasteiger partial charge in [-0.2, -0.15) is 0 Å². The summed E-state index contributed by atoms with van der Waals surface area (Å²) in [7, 11) is 0. The SMILES string of the molecule is CC(CC(=O)O)C1CCC2C3CC(O)C4CC(O)CCC4(C)C3CCC12C. The van der Waals surface area contributed by atoms with Gasteiger partial charge in [0.1, 0.15) is 0 Å². The maximum absolute atomic E-state index is 11.3. The monoisotopic (exact) mass is 378 g/mol. The van der Waals surface area contributed by atoms with E-state index in [1.54, 1.807) is 0 Å². The summed E-state index contributed by atoms with van der Waals surface area (Å²) in [6, 6.07) is 0. The molecule has 4 nitrogen and oxygen atoms in total. The molecule has 4 saturated carbocycles. The molecule has 0 saturated heterocycles. The summed E-state index contributed by atoms with van der Waals surface area (Å²) in [4.78, 5) is 11.3. The zero-order valence-corrected chi connectivity index (χ0v) is 17.2. The van der Waals surface area contributed by atoms with Crippen molar-refractivity contribution in [3.63, 3.8) is 0 Å². The topological polar surface area (TPSA) is 77.8 Å². The first-order chi connectivity index (χ1) is 12.7. The van der Waals surface area contributed by atoms with E-state index in [0.29, 0.717) is 23.7 Å². The molecule has 0 radical (unpaired) electrons. The maximum Gasteiger partial charge on any atom is 0.303 e. The second kappa shape index (κ2) is 6.73. The van der Waals surface area contributed by atoms with Gasteiger partial charge in [0.05, 0.1) is 12.2 Å². The minimum Gasteiger partial charge on any atom is -0.481 e. The number of rotatable bonds is 3. The number of carboxylic acid groups (broad SMARTS) is 1. The highest BCUT2D eigenvalue weighted by atomic mass is 16.4. The van der Waals surface area contributed by atoms with Crippen LogP contribution in [-0.2, 0) is 4.79 Å². The van der Waals surface area contributed by atoms with E-state index in [0.717, 1.165) is 32.1 Å². The molecule has 10 atom stereocenters. The lowest BCUT2D eigenvalue weighted by atomic mass is 9.44. The predicted molar refractivity (Wildman–Crippen MR) is 104 cm³/mol. The van der Waals surface area contributed by atoms with Gasteiger partial charge in [-0.25, -0.2) is 0 Å². The number of hydrogen-bond acceptors (Lipinski definition) is 3. The Morgan fingerprint density at radius 1 is 0.963 bits per heavy atom. The fraction of sp³-hybridized carbons (Fsp3) is 0.957. The van der Waals surface area contributed by atoms with E-state index < -0.39 is 5.97 Å². The summed E-state index contributed by atoms with van der Waals surface area (Å²) in [5.74, 6) is 2.15. The molecule has 4 heteroatoms. The molecule has 0 bridgehead atoms. The third-order valence-corrected chi connectivity index (χ3v) is 9.91. The molecule has 0 spiro atoms. The molecule has 0 aromatic rings. The Labute approximate surface area is 163 Å². The van der Waals surface area contributed by atoms with Crippen molar-refractivity contribution in [1.82, 2.24) is 0 Å². The van der Waals surface area contributed by atoms with Crippen LogP contribution in [0.4, 0.5) is 0 Å². The van der Waals surface area contributed by atoms with Crippen molar-refractivity contribution in [2.24, 2.45) is 46.3 Å². The number of aliphatic hydroxyl groups excluding tert-OH is 2. The Bertz CT molecular complexity index is 591. The van der Waals surface area contributed by atoms with Gasteiger partial charge in [0.25, 0.3) is 0 Å². The van der Waals surface area contributed by atoms with Gasteiger partial charge in [-0.3, -0.25) is 4.79 Å². The summed E-state index contributed by atoms with van der Waals surface area (Å²) >= 11 is 0. The van der Waals surface area contributed by atoms with Crippen molar-refractivity contribution < 1.29 is 20.1 Å². The Morgan fingerprint density at radius 2 is 1.63 bits per heavy atom. The molecule has 0 aromatic carbocycles. The Balaban J connectivity index is 1.59. The van der Waals surface area contributed by atoms with Gasteiger partial charge in [-0.05, 0) is 97.7 Å². The molecule has 27 heavy (non-hydrogen) atoms. The van der Waals surface area contributed by atoms with Crippen LogP contribution in [0.5, 0.6) is 0 Å². The summed E-state index contributed by atoms with van der Waals surface area (Å²) < 4.78 is 0. The van der Waals surface area contributed by atoms with Crippen molar-refractivity contribution in [3.05, 3.63) is 0 Å².